The highest BCUT2D eigenvalue weighted by Gasteiger charge is 1.98. The standard InChI is InChI=1S/C13H23N3O3/c1-3-13(17)5-4-7-18-9-10-19-8-6-16-11-12(2)14-15-16/h11H,3-10H2,1-2H3. The first-order chi connectivity index (χ1) is 9.22. The smallest absolute Gasteiger partial charge is 0.132 e. The van der Waals surface area contributed by atoms with Gasteiger partial charge < -0.3 is 9.47 Å². The number of hydrogen-bond acceptors (Lipinski definition) is 5. The van der Waals surface area contributed by atoms with Crippen molar-refractivity contribution in [2.45, 2.75) is 39.7 Å². The van der Waals surface area contributed by atoms with Gasteiger partial charge in [-0.25, -0.2) is 4.68 Å². The first-order valence-corrected chi connectivity index (χ1v) is 6.76. The average molecular weight is 269 g/mol. The summed E-state index contributed by atoms with van der Waals surface area (Å²) in [5.41, 5.74) is 0.907. The number of nitrogens with zero attached hydrogens (tertiary/aromatic N) is 3. The Bertz CT molecular complexity index is 366. The van der Waals surface area contributed by atoms with E-state index in [1.807, 2.05) is 20.0 Å². The lowest BCUT2D eigenvalue weighted by molar-refractivity contribution is -0.119. The molecule has 0 saturated heterocycles. The van der Waals surface area contributed by atoms with Gasteiger partial charge in [0, 0.05) is 25.6 Å². The lowest BCUT2D eigenvalue weighted by Gasteiger charge is -2.05. The molecule has 0 fully saturated rings. The van der Waals surface area contributed by atoms with E-state index in [4.69, 9.17) is 9.47 Å². The van der Waals surface area contributed by atoms with Crippen molar-refractivity contribution in [3.63, 3.8) is 0 Å². The summed E-state index contributed by atoms with van der Waals surface area (Å²) < 4.78 is 12.5. The van der Waals surface area contributed by atoms with Crippen LogP contribution in [0.15, 0.2) is 6.20 Å². The second-order valence-corrected chi connectivity index (χ2v) is 4.34. The molecule has 0 N–H and O–H groups in total. The van der Waals surface area contributed by atoms with E-state index in [-0.39, 0.29) is 0 Å². The molecule has 0 atom stereocenters. The highest BCUT2D eigenvalue weighted by molar-refractivity contribution is 5.77. The van der Waals surface area contributed by atoms with Crippen molar-refractivity contribution in [3.05, 3.63) is 11.9 Å². The fourth-order valence-corrected chi connectivity index (χ4v) is 1.53. The van der Waals surface area contributed by atoms with E-state index in [1.54, 1.807) is 4.68 Å². The minimum atomic E-state index is 0.294. The van der Waals surface area contributed by atoms with E-state index in [2.05, 4.69) is 10.3 Å². The van der Waals surface area contributed by atoms with Crippen LogP contribution in [0.2, 0.25) is 0 Å². The number of aryl methyl sites for hydroxylation is 1. The highest BCUT2D eigenvalue weighted by Crippen LogP contribution is 1.95. The minimum absolute atomic E-state index is 0.294. The summed E-state index contributed by atoms with van der Waals surface area (Å²) in [6.45, 7) is 6.84. The summed E-state index contributed by atoms with van der Waals surface area (Å²) in [4.78, 5) is 11.0. The van der Waals surface area contributed by atoms with Gasteiger partial charge in [0.25, 0.3) is 0 Å². The van der Waals surface area contributed by atoms with Crippen LogP contribution in [0.25, 0.3) is 0 Å². The number of ketones is 1. The summed E-state index contributed by atoms with van der Waals surface area (Å²) >= 11 is 0. The van der Waals surface area contributed by atoms with Crippen molar-refractivity contribution in [3.8, 4) is 0 Å². The Morgan fingerprint density at radius 2 is 2.00 bits per heavy atom. The van der Waals surface area contributed by atoms with E-state index >= 15 is 0 Å². The molecule has 6 heteroatoms. The summed E-state index contributed by atoms with van der Waals surface area (Å²) in [7, 11) is 0. The zero-order valence-electron chi connectivity index (χ0n) is 11.8. The predicted octanol–water partition coefficient (Wildman–Crippen LogP) is 1.38. The lowest BCUT2D eigenvalue weighted by Crippen LogP contribution is -2.11. The van der Waals surface area contributed by atoms with Crippen molar-refractivity contribution in [1.29, 1.82) is 0 Å². The number of ether oxygens (including phenoxy) is 2. The van der Waals surface area contributed by atoms with E-state index in [1.165, 1.54) is 0 Å². The number of Topliss-reactive ketones (excluding diaryl/α,β-unsaturated/α-hetero) is 1. The average Bonchev–Trinajstić information content (AvgIpc) is 2.82. The molecule has 0 radical (unpaired) electrons. The fraction of sp³-hybridized carbons (Fsp3) is 0.769. The maximum absolute atomic E-state index is 11.0. The molecule has 0 spiro atoms. The first-order valence-electron chi connectivity index (χ1n) is 6.76. The molecule has 1 aromatic rings. The Kier molecular flexibility index (Phi) is 8.00. The van der Waals surface area contributed by atoms with E-state index < -0.39 is 0 Å². The third-order valence-electron chi connectivity index (χ3n) is 2.63. The summed E-state index contributed by atoms with van der Waals surface area (Å²) in [6.07, 6.45) is 3.91. The molecular weight excluding hydrogens is 246 g/mol. The number of hydrogen-bond donors (Lipinski definition) is 0. The van der Waals surface area contributed by atoms with Crippen LogP contribution in [0.1, 0.15) is 31.9 Å². The van der Waals surface area contributed by atoms with Crippen molar-refractivity contribution >= 4 is 5.78 Å². The van der Waals surface area contributed by atoms with Gasteiger partial charge in [0.2, 0.25) is 0 Å². The number of carbonyl (C=O) groups is 1. The third kappa shape index (κ3) is 7.69. The molecule has 0 aliphatic carbocycles. The topological polar surface area (TPSA) is 66.2 Å². The monoisotopic (exact) mass is 269 g/mol. The molecule has 1 rings (SSSR count). The third-order valence-corrected chi connectivity index (χ3v) is 2.63. The van der Waals surface area contributed by atoms with Gasteiger partial charge in [-0.05, 0) is 13.3 Å². The quantitative estimate of drug-likeness (QED) is 0.568. The number of aromatic nitrogens is 3. The van der Waals surface area contributed by atoms with Crippen molar-refractivity contribution in [1.82, 2.24) is 15.0 Å². The second-order valence-electron chi connectivity index (χ2n) is 4.34. The number of rotatable bonds is 11. The lowest BCUT2D eigenvalue weighted by atomic mass is 10.2. The zero-order chi connectivity index (χ0) is 13.9. The van der Waals surface area contributed by atoms with Gasteiger partial charge >= 0.3 is 0 Å². The molecule has 0 aliphatic heterocycles. The largest absolute Gasteiger partial charge is 0.379 e. The number of carbonyl (C=O) groups excluding carboxylic acids is 1. The van der Waals surface area contributed by atoms with Gasteiger partial charge in [0.05, 0.1) is 32.1 Å². The van der Waals surface area contributed by atoms with Crippen LogP contribution in [-0.4, -0.2) is 47.2 Å². The Morgan fingerprint density at radius 3 is 2.63 bits per heavy atom. The van der Waals surface area contributed by atoms with Crippen LogP contribution in [0, 0.1) is 6.92 Å². The van der Waals surface area contributed by atoms with Gasteiger partial charge in [0.1, 0.15) is 5.78 Å². The van der Waals surface area contributed by atoms with Crippen LogP contribution in [0.3, 0.4) is 0 Å². The Hall–Kier alpha value is -1.27. The fourth-order valence-electron chi connectivity index (χ4n) is 1.53. The molecule has 108 valence electrons. The zero-order valence-corrected chi connectivity index (χ0v) is 11.8. The van der Waals surface area contributed by atoms with Crippen molar-refractivity contribution in [2.75, 3.05) is 26.4 Å². The van der Waals surface area contributed by atoms with Crippen LogP contribution >= 0.6 is 0 Å². The maximum Gasteiger partial charge on any atom is 0.132 e. The predicted molar refractivity (Wildman–Crippen MR) is 70.9 cm³/mol. The van der Waals surface area contributed by atoms with Crippen LogP contribution < -0.4 is 0 Å². The van der Waals surface area contributed by atoms with Gasteiger partial charge in [-0.2, -0.15) is 0 Å². The first kappa shape index (κ1) is 15.8. The molecule has 1 aromatic heterocycles. The van der Waals surface area contributed by atoms with Crippen molar-refractivity contribution < 1.29 is 14.3 Å². The summed E-state index contributed by atoms with van der Waals surface area (Å²) in [5, 5.41) is 7.81. The SMILES string of the molecule is CCC(=O)CCCOCCOCCn1cc(C)nn1. The summed E-state index contributed by atoms with van der Waals surface area (Å²) in [5.74, 6) is 0.294. The van der Waals surface area contributed by atoms with E-state index in [0.717, 1.165) is 12.1 Å². The van der Waals surface area contributed by atoms with Gasteiger partial charge in [-0.15, -0.1) is 5.10 Å². The molecule has 1 heterocycles. The molecule has 0 aromatic carbocycles. The molecule has 0 amide bonds. The van der Waals surface area contributed by atoms with Crippen molar-refractivity contribution in [2.24, 2.45) is 0 Å². The molecule has 19 heavy (non-hydrogen) atoms. The Balaban J connectivity index is 1.85. The van der Waals surface area contributed by atoms with Gasteiger partial charge in [0.15, 0.2) is 0 Å². The molecule has 0 saturated carbocycles. The molecule has 6 nitrogen and oxygen atoms in total. The minimum Gasteiger partial charge on any atom is -0.379 e. The molecular formula is C13H23N3O3. The Morgan fingerprint density at radius 1 is 1.26 bits per heavy atom. The Labute approximate surface area is 114 Å². The summed E-state index contributed by atoms with van der Waals surface area (Å²) in [6, 6.07) is 0. The molecule has 0 bridgehead atoms. The second kappa shape index (κ2) is 9.63. The van der Waals surface area contributed by atoms with Crippen LogP contribution in [0.5, 0.6) is 0 Å². The van der Waals surface area contributed by atoms with Crippen LogP contribution in [-0.2, 0) is 20.8 Å². The molecule has 0 aliphatic rings. The normalized spacial score (nSPS) is 10.8. The molecule has 0 unspecified atom stereocenters. The van der Waals surface area contributed by atoms with Crippen LogP contribution in [0.4, 0.5) is 0 Å². The van der Waals surface area contributed by atoms with E-state index in [9.17, 15) is 4.79 Å². The van der Waals surface area contributed by atoms with Gasteiger partial charge in [-0.3, -0.25) is 4.79 Å². The van der Waals surface area contributed by atoms with Gasteiger partial charge in [-0.1, -0.05) is 12.1 Å². The maximum atomic E-state index is 11.0. The highest BCUT2D eigenvalue weighted by atomic mass is 16.5. The van der Waals surface area contributed by atoms with E-state index in [0.29, 0.717) is 51.6 Å².